The second-order valence-corrected chi connectivity index (χ2v) is 9.09. The molecule has 4 nitrogen and oxygen atoms in total. The standard InChI is InChI=1S/C31H27F2N3O/c32-24-12-8-22(9-13-24)20-36-21-29(27-6-1-2-7-30(27)36)28(23-10-14-25(33)15-11-23)19-31(37)35-18-16-26-5-3-4-17-34-26/h1-15,17,21,28H,16,18-20H2,(H,35,37)/t28-/m0/s1. The highest BCUT2D eigenvalue weighted by atomic mass is 19.1. The van der Waals surface area contributed by atoms with Crippen molar-refractivity contribution < 1.29 is 13.6 Å². The number of pyridine rings is 1. The van der Waals surface area contributed by atoms with Gasteiger partial charge in [-0.2, -0.15) is 0 Å². The Morgan fingerprint density at radius 2 is 1.57 bits per heavy atom. The highest BCUT2D eigenvalue weighted by Crippen LogP contribution is 2.35. The number of carbonyl (C=O) groups excluding carboxylic acids is 1. The van der Waals surface area contributed by atoms with E-state index in [9.17, 15) is 13.6 Å². The first kappa shape index (κ1) is 24.4. The molecule has 0 fully saturated rings. The van der Waals surface area contributed by atoms with E-state index in [0.717, 1.165) is 33.3 Å². The van der Waals surface area contributed by atoms with Gasteiger partial charge in [0, 0.05) is 60.8 Å². The molecule has 5 aromatic rings. The third-order valence-corrected chi connectivity index (χ3v) is 6.55. The lowest BCUT2D eigenvalue weighted by atomic mass is 9.88. The third kappa shape index (κ3) is 5.92. The summed E-state index contributed by atoms with van der Waals surface area (Å²) >= 11 is 0. The van der Waals surface area contributed by atoms with E-state index < -0.39 is 0 Å². The second-order valence-electron chi connectivity index (χ2n) is 9.09. The Morgan fingerprint density at radius 1 is 0.865 bits per heavy atom. The molecule has 1 atom stereocenters. The van der Waals surface area contributed by atoms with Crippen LogP contribution in [-0.4, -0.2) is 22.0 Å². The maximum atomic E-state index is 13.8. The number of nitrogens with one attached hydrogen (secondary N) is 1. The molecule has 186 valence electrons. The second kappa shape index (κ2) is 11.2. The molecule has 0 spiro atoms. The molecule has 37 heavy (non-hydrogen) atoms. The van der Waals surface area contributed by atoms with Crippen molar-refractivity contribution in [1.82, 2.24) is 14.9 Å². The normalized spacial score (nSPS) is 11.9. The Balaban J connectivity index is 1.44. The minimum Gasteiger partial charge on any atom is -0.356 e. The smallest absolute Gasteiger partial charge is 0.220 e. The summed E-state index contributed by atoms with van der Waals surface area (Å²) in [6, 6.07) is 26.6. The topological polar surface area (TPSA) is 46.9 Å². The SMILES string of the molecule is O=C(C[C@@H](c1ccc(F)cc1)c1cn(Cc2ccc(F)cc2)c2ccccc12)NCCc1ccccn1. The summed E-state index contributed by atoms with van der Waals surface area (Å²) in [5, 5.41) is 4.05. The zero-order valence-electron chi connectivity index (χ0n) is 20.3. The van der Waals surface area contributed by atoms with Crippen LogP contribution in [0.4, 0.5) is 8.78 Å². The molecule has 3 aromatic carbocycles. The van der Waals surface area contributed by atoms with Crippen molar-refractivity contribution in [3.05, 3.63) is 137 Å². The molecule has 5 rings (SSSR count). The maximum Gasteiger partial charge on any atom is 0.220 e. The molecular formula is C31H27F2N3O. The van der Waals surface area contributed by atoms with Crippen molar-refractivity contribution in [3.63, 3.8) is 0 Å². The molecule has 0 saturated heterocycles. The van der Waals surface area contributed by atoms with Crippen LogP contribution in [0.5, 0.6) is 0 Å². The van der Waals surface area contributed by atoms with Gasteiger partial charge >= 0.3 is 0 Å². The van der Waals surface area contributed by atoms with Gasteiger partial charge in [0.1, 0.15) is 11.6 Å². The van der Waals surface area contributed by atoms with Crippen LogP contribution in [0.15, 0.2) is 103 Å². The summed E-state index contributed by atoms with van der Waals surface area (Å²) in [5.41, 5.74) is 4.76. The van der Waals surface area contributed by atoms with Crippen LogP contribution in [0.25, 0.3) is 10.9 Å². The van der Waals surface area contributed by atoms with Crippen molar-refractivity contribution in [2.45, 2.75) is 25.3 Å². The summed E-state index contributed by atoms with van der Waals surface area (Å²) in [7, 11) is 0. The summed E-state index contributed by atoms with van der Waals surface area (Å²) in [4.78, 5) is 17.4. The fourth-order valence-corrected chi connectivity index (χ4v) is 4.71. The molecule has 2 heterocycles. The third-order valence-electron chi connectivity index (χ3n) is 6.55. The number of benzene rings is 3. The molecule has 6 heteroatoms. The average molecular weight is 496 g/mol. The van der Waals surface area contributed by atoms with Crippen molar-refractivity contribution >= 4 is 16.8 Å². The van der Waals surface area contributed by atoms with E-state index in [2.05, 4.69) is 21.1 Å². The van der Waals surface area contributed by atoms with Crippen molar-refractivity contribution in [1.29, 1.82) is 0 Å². The zero-order valence-corrected chi connectivity index (χ0v) is 20.3. The first-order valence-corrected chi connectivity index (χ1v) is 12.3. The van der Waals surface area contributed by atoms with Crippen LogP contribution < -0.4 is 5.32 Å². The van der Waals surface area contributed by atoms with Crippen molar-refractivity contribution in [2.75, 3.05) is 6.54 Å². The molecule has 0 aliphatic rings. The lowest BCUT2D eigenvalue weighted by Crippen LogP contribution is -2.27. The maximum absolute atomic E-state index is 13.8. The predicted molar refractivity (Wildman–Crippen MR) is 141 cm³/mol. The number of nitrogens with zero attached hydrogens (tertiary/aromatic N) is 2. The Morgan fingerprint density at radius 3 is 2.30 bits per heavy atom. The predicted octanol–water partition coefficient (Wildman–Crippen LogP) is 6.24. The highest BCUT2D eigenvalue weighted by Gasteiger charge is 2.23. The minimum absolute atomic E-state index is 0.0828. The van der Waals surface area contributed by atoms with E-state index in [4.69, 9.17) is 0 Å². The number of para-hydroxylation sites is 1. The van der Waals surface area contributed by atoms with E-state index in [0.29, 0.717) is 19.5 Å². The fourth-order valence-electron chi connectivity index (χ4n) is 4.71. The van der Waals surface area contributed by atoms with Gasteiger partial charge in [0.05, 0.1) is 0 Å². The molecule has 1 amide bonds. The first-order valence-electron chi connectivity index (χ1n) is 12.3. The van der Waals surface area contributed by atoms with Gasteiger partial charge in [-0.05, 0) is 59.2 Å². The molecule has 0 saturated carbocycles. The number of hydrogen-bond donors (Lipinski definition) is 1. The molecule has 0 radical (unpaired) electrons. The molecule has 0 aliphatic carbocycles. The van der Waals surface area contributed by atoms with Crippen LogP contribution in [-0.2, 0) is 17.8 Å². The van der Waals surface area contributed by atoms with E-state index >= 15 is 0 Å². The van der Waals surface area contributed by atoms with Crippen LogP contribution in [0.2, 0.25) is 0 Å². The molecule has 0 bridgehead atoms. The zero-order chi connectivity index (χ0) is 25.6. The Labute approximate surface area is 214 Å². The van der Waals surface area contributed by atoms with Gasteiger partial charge in [-0.3, -0.25) is 9.78 Å². The number of halogens is 2. The van der Waals surface area contributed by atoms with Crippen LogP contribution in [0.1, 0.15) is 34.7 Å². The van der Waals surface area contributed by atoms with E-state index in [-0.39, 0.29) is 29.9 Å². The van der Waals surface area contributed by atoms with E-state index in [1.165, 1.54) is 24.3 Å². The number of fused-ring (bicyclic) bond motifs is 1. The summed E-state index contributed by atoms with van der Waals surface area (Å²) in [6.07, 6.45) is 4.66. The van der Waals surface area contributed by atoms with E-state index in [1.807, 2.05) is 42.5 Å². The lowest BCUT2D eigenvalue weighted by Gasteiger charge is -2.17. The van der Waals surface area contributed by atoms with Gasteiger partial charge in [0.15, 0.2) is 0 Å². The minimum atomic E-state index is -0.318. The number of aromatic nitrogens is 2. The van der Waals surface area contributed by atoms with Crippen molar-refractivity contribution in [2.24, 2.45) is 0 Å². The highest BCUT2D eigenvalue weighted by molar-refractivity contribution is 5.86. The largest absolute Gasteiger partial charge is 0.356 e. The fraction of sp³-hybridized carbons (Fsp3) is 0.161. The van der Waals surface area contributed by atoms with E-state index in [1.54, 1.807) is 30.5 Å². The number of rotatable bonds is 9. The summed E-state index contributed by atoms with van der Waals surface area (Å²) in [5.74, 6) is -0.941. The Bertz CT molecular complexity index is 1480. The van der Waals surface area contributed by atoms with Gasteiger partial charge in [-0.25, -0.2) is 8.78 Å². The van der Waals surface area contributed by atoms with Gasteiger partial charge in [-0.1, -0.05) is 48.5 Å². The van der Waals surface area contributed by atoms with Crippen LogP contribution >= 0.6 is 0 Å². The average Bonchev–Trinajstić information content (AvgIpc) is 3.28. The number of amides is 1. The molecule has 0 unspecified atom stereocenters. The van der Waals surface area contributed by atoms with Crippen molar-refractivity contribution in [3.8, 4) is 0 Å². The number of carbonyl (C=O) groups is 1. The summed E-state index contributed by atoms with van der Waals surface area (Å²) in [6.45, 7) is 1.05. The molecule has 0 aliphatic heterocycles. The van der Waals surface area contributed by atoms with Crippen LogP contribution in [0.3, 0.4) is 0 Å². The molecular weight excluding hydrogens is 468 g/mol. The summed E-state index contributed by atoms with van der Waals surface area (Å²) < 4.78 is 29.3. The molecule has 1 N–H and O–H groups in total. The van der Waals surface area contributed by atoms with Gasteiger partial charge in [0.2, 0.25) is 5.91 Å². The monoisotopic (exact) mass is 495 g/mol. The van der Waals surface area contributed by atoms with Gasteiger partial charge in [0.25, 0.3) is 0 Å². The number of hydrogen-bond acceptors (Lipinski definition) is 2. The lowest BCUT2D eigenvalue weighted by molar-refractivity contribution is -0.121. The van der Waals surface area contributed by atoms with Crippen LogP contribution in [0, 0.1) is 11.6 Å². The van der Waals surface area contributed by atoms with Gasteiger partial charge < -0.3 is 9.88 Å². The van der Waals surface area contributed by atoms with Gasteiger partial charge in [-0.15, -0.1) is 0 Å². The quantitative estimate of drug-likeness (QED) is 0.263. The molecule has 2 aromatic heterocycles. The Hall–Kier alpha value is -4.32. The first-order chi connectivity index (χ1) is 18.1. The Kier molecular flexibility index (Phi) is 7.36.